The Balaban J connectivity index is 1.07. The molecule has 39 heavy (non-hydrogen) atoms. The molecular formula is C27H30FN7O3S. The number of carbonyl (C=O) groups excluding carboxylic acids is 3. The van der Waals surface area contributed by atoms with E-state index in [2.05, 4.69) is 25.8 Å². The average molecular weight is 552 g/mol. The molecule has 5 heterocycles. The fourth-order valence-electron chi connectivity index (χ4n) is 6.67. The fourth-order valence-corrected chi connectivity index (χ4v) is 7.64. The third kappa shape index (κ3) is 4.54. The standard InChI is InChI=1S/C27H30FN7O3S/c28-18-11-34(27-29-13-30-33-27)12-20(18)32-24(36)21-6-5-17-8-15-7-16(15)9-19(26(38)35(17)21)31-25(37)23-10-14-3-1-2-4-22(14)39-23/h1-4,10,13,15-21H,5-9,11-12H2,(H,31,37)(H,32,36)(H,29,30,33)/t15-,16+,17-,18+,19+,20+,21+/m1/s1. The van der Waals surface area contributed by atoms with E-state index in [1.54, 1.807) is 9.80 Å². The molecule has 1 aromatic carbocycles. The quantitative estimate of drug-likeness (QED) is 0.447. The number of aromatic nitrogens is 3. The van der Waals surface area contributed by atoms with Gasteiger partial charge in [-0.25, -0.2) is 9.49 Å². The summed E-state index contributed by atoms with van der Waals surface area (Å²) in [5, 5.41) is 13.4. The van der Waals surface area contributed by atoms with Crippen molar-refractivity contribution in [2.75, 3.05) is 18.0 Å². The van der Waals surface area contributed by atoms with Crippen LogP contribution >= 0.6 is 11.3 Å². The maximum absolute atomic E-state index is 14.9. The monoisotopic (exact) mass is 551 g/mol. The molecule has 3 aromatic rings. The molecule has 0 unspecified atom stereocenters. The molecule has 4 fully saturated rings. The Morgan fingerprint density at radius 2 is 1.92 bits per heavy atom. The number of nitrogens with zero attached hydrogens (tertiary/aromatic N) is 4. The van der Waals surface area contributed by atoms with Gasteiger partial charge in [0.2, 0.25) is 17.8 Å². The van der Waals surface area contributed by atoms with Gasteiger partial charge in [-0.05, 0) is 61.5 Å². The molecule has 0 radical (unpaired) electrons. The number of anilines is 1. The molecule has 3 aliphatic heterocycles. The third-order valence-electron chi connectivity index (χ3n) is 8.77. The Hall–Kier alpha value is -3.54. The van der Waals surface area contributed by atoms with E-state index in [1.807, 2.05) is 30.3 Å². The number of hydrogen-bond acceptors (Lipinski definition) is 7. The van der Waals surface area contributed by atoms with E-state index in [-0.39, 0.29) is 36.9 Å². The Labute approximate surface area is 228 Å². The van der Waals surface area contributed by atoms with Gasteiger partial charge in [0.1, 0.15) is 24.6 Å². The maximum atomic E-state index is 14.9. The van der Waals surface area contributed by atoms with Crippen LogP contribution in [0, 0.1) is 11.8 Å². The molecule has 3 N–H and O–H groups in total. The third-order valence-corrected chi connectivity index (χ3v) is 9.89. The first-order valence-electron chi connectivity index (χ1n) is 13.6. The fraction of sp³-hybridized carbons (Fsp3) is 0.519. The van der Waals surface area contributed by atoms with Crippen LogP contribution in [0.4, 0.5) is 10.3 Å². The molecule has 12 heteroatoms. The zero-order chi connectivity index (χ0) is 26.7. The summed E-state index contributed by atoms with van der Waals surface area (Å²) in [4.78, 5) is 48.7. The smallest absolute Gasteiger partial charge is 0.262 e. The van der Waals surface area contributed by atoms with Crippen LogP contribution in [0.1, 0.15) is 41.8 Å². The van der Waals surface area contributed by atoms with E-state index in [1.165, 1.54) is 17.7 Å². The van der Waals surface area contributed by atoms with Crippen molar-refractivity contribution in [3.63, 3.8) is 0 Å². The predicted octanol–water partition coefficient (Wildman–Crippen LogP) is 2.25. The van der Waals surface area contributed by atoms with Crippen LogP contribution in [0.25, 0.3) is 10.1 Å². The second kappa shape index (κ2) is 9.58. The first kappa shape index (κ1) is 24.5. The van der Waals surface area contributed by atoms with Crippen molar-refractivity contribution in [2.45, 2.75) is 62.4 Å². The van der Waals surface area contributed by atoms with Crippen LogP contribution in [0.5, 0.6) is 0 Å². The van der Waals surface area contributed by atoms with E-state index in [9.17, 15) is 18.8 Å². The van der Waals surface area contributed by atoms with Crippen molar-refractivity contribution in [2.24, 2.45) is 11.8 Å². The highest BCUT2D eigenvalue weighted by Gasteiger charge is 2.51. The van der Waals surface area contributed by atoms with Crippen LogP contribution in [0.15, 0.2) is 36.7 Å². The summed E-state index contributed by atoms with van der Waals surface area (Å²) in [6, 6.07) is 7.57. The molecule has 7 rings (SSSR count). The number of amides is 3. The summed E-state index contributed by atoms with van der Waals surface area (Å²) in [6.07, 6.45) is 3.88. The van der Waals surface area contributed by atoms with E-state index < -0.39 is 24.3 Å². The average Bonchev–Trinajstić information content (AvgIpc) is 3.45. The Bertz CT molecular complexity index is 1380. The van der Waals surface area contributed by atoms with Crippen LogP contribution < -0.4 is 15.5 Å². The van der Waals surface area contributed by atoms with Crippen molar-refractivity contribution < 1.29 is 18.8 Å². The first-order chi connectivity index (χ1) is 18.9. The molecule has 7 atom stereocenters. The van der Waals surface area contributed by atoms with E-state index in [4.69, 9.17) is 0 Å². The molecule has 2 aromatic heterocycles. The molecule has 0 spiro atoms. The number of nitrogens with one attached hydrogen (secondary N) is 3. The first-order valence-corrected chi connectivity index (χ1v) is 14.4. The van der Waals surface area contributed by atoms with Gasteiger partial charge >= 0.3 is 0 Å². The molecule has 3 amide bonds. The zero-order valence-electron chi connectivity index (χ0n) is 21.3. The molecule has 3 saturated heterocycles. The number of benzene rings is 1. The second-order valence-electron chi connectivity index (χ2n) is 11.2. The van der Waals surface area contributed by atoms with E-state index in [0.29, 0.717) is 35.5 Å². The van der Waals surface area contributed by atoms with Gasteiger partial charge in [-0.2, -0.15) is 10.1 Å². The zero-order valence-corrected chi connectivity index (χ0v) is 22.1. The minimum absolute atomic E-state index is 0.0391. The summed E-state index contributed by atoms with van der Waals surface area (Å²) < 4.78 is 15.9. The number of H-pyrrole nitrogens is 1. The van der Waals surface area contributed by atoms with Crippen molar-refractivity contribution >= 4 is 45.1 Å². The highest BCUT2D eigenvalue weighted by molar-refractivity contribution is 7.20. The number of fused-ring (bicyclic) bond motifs is 3. The summed E-state index contributed by atoms with van der Waals surface area (Å²) in [6.45, 7) is 0.370. The molecular weight excluding hydrogens is 521 g/mol. The maximum Gasteiger partial charge on any atom is 0.262 e. The largest absolute Gasteiger partial charge is 0.347 e. The van der Waals surface area contributed by atoms with Crippen molar-refractivity contribution in [1.29, 1.82) is 0 Å². The summed E-state index contributed by atoms with van der Waals surface area (Å²) in [5.74, 6) is 0.596. The van der Waals surface area contributed by atoms with Crippen molar-refractivity contribution in [3.05, 3.63) is 41.5 Å². The number of hydrogen-bond donors (Lipinski definition) is 3. The van der Waals surface area contributed by atoms with Gasteiger partial charge in [0, 0.05) is 17.3 Å². The van der Waals surface area contributed by atoms with Gasteiger partial charge < -0.3 is 20.4 Å². The lowest BCUT2D eigenvalue weighted by Crippen LogP contribution is -2.58. The SMILES string of the molecule is O=C(N[C@H]1C[C@@H]2C[C@@H]2C[C@H]2CC[C@@H](C(=O)N[C@H]3CN(c4ncn[nH]4)C[C@@H]3F)N2C1=O)c1cc2ccccc2s1. The molecule has 4 aliphatic rings. The highest BCUT2D eigenvalue weighted by Crippen LogP contribution is 2.49. The lowest BCUT2D eigenvalue weighted by atomic mass is 9.99. The Morgan fingerprint density at radius 3 is 2.74 bits per heavy atom. The van der Waals surface area contributed by atoms with Crippen LogP contribution in [-0.2, 0) is 9.59 Å². The topological polar surface area (TPSA) is 123 Å². The van der Waals surface area contributed by atoms with Gasteiger partial charge in [-0.1, -0.05) is 18.2 Å². The van der Waals surface area contributed by atoms with E-state index in [0.717, 1.165) is 29.3 Å². The second-order valence-corrected chi connectivity index (χ2v) is 12.3. The number of alkyl halides is 1. The van der Waals surface area contributed by atoms with Gasteiger partial charge in [-0.15, -0.1) is 11.3 Å². The van der Waals surface area contributed by atoms with Crippen LogP contribution in [0.3, 0.4) is 0 Å². The number of aromatic amines is 1. The number of carbonyl (C=O) groups is 3. The summed E-state index contributed by atoms with van der Waals surface area (Å²) in [5.41, 5.74) is 0. The summed E-state index contributed by atoms with van der Waals surface area (Å²) >= 11 is 1.41. The van der Waals surface area contributed by atoms with E-state index >= 15 is 0 Å². The van der Waals surface area contributed by atoms with Gasteiger partial charge in [0.15, 0.2) is 0 Å². The molecule has 0 bridgehead atoms. The lowest BCUT2D eigenvalue weighted by Gasteiger charge is -2.35. The van der Waals surface area contributed by atoms with Gasteiger partial charge in [-0.3, -0.25) is 14.4 Å². The molecule has 10 nitrogen and oxygen atoms in total. The normalized spacial score (nSPS) is 31.9. The molecule has 1 aliphatic carbocycles. The molecule has 1 saturated carbocycles. The minimum Gasteiger partial charge on any atom is -0.347 e. The van der Waals surface area contributed by atoms with Crippen LogP contribution in [0.2, 0.25) is 0 Å². The number of rotatable bonds is 5. The lowest BCUT2D eigenvalue weighted by molar-refractivity contribution is -0.143. The Kier molecular flexibility index (Phi) is 6.02. The van der Waals surface area contributed by atoms with Gasteiger partial charge in [0.05, 0.1) is 17.5 Å². The minimum atomic E-state index is -1.26. The Morgan fingerprint density at radius 1 is 1.08 bits per heavy atom. The number of halogens is 1. The van der Waals surface area contributed by atoms with Crippen molar-refractivity contribution in [3.8, 4) is 0 Å². The number of thiophene rings is 1. The van der Waals surface area contributed by atoms with Crippen molar-refractivity contribution in [1.82, 2.24) is 30.7 Å². The predicted molar refractivity (Wildman–Crippen MR) is 143 cm³/mol. The summed E-state index contributed by atoms with van der Waals surface area (Å²) in [7, 11) is 0. The van der Waals surface area contributed by atoms with Crippen LogP contribution in [-0.4, -0.2) is 81.2 Å². The highest BCUT2D eigenvalue weighted by atomic mass is 32.1. The van der Waals surface area contributed by atoms with Gasteiger partial charge in [0.25, 0.3) is 5.91 Å². The molecule has 204 valence electrons.